The van der Waals surface area contributed by atoms with Crippen LogP contribution in [0.2, 0.25) is 0 Å². The van der Waals surface area contributed by atoms with Crippen LogP contribution in [0, 0.1) is 11.8 Å². The Labute approximate surface area is 262 Å². The summed E-state index contributed by atoms with van der Waals surface area (Å²) in [6.45, 7) is 8.92. The summed E-state index contributed by atoms with van der Waals surface area (Å²) in [5.41, 5.74) is 1.76. The normalized spacial score (nSPS) is 19.6. The lowest BCUT2D eigenvalue weighted by Gasteiger charge is -2.36. The Morgan fingerprint density at radius 1 is 0.864 bits per heavy atom. The number of ether oxygens (including phenoxy) is 3. The Balaban J connectivity index is 1.26. The number of urea groups is 1. The van der Waals surface area contributed by atoms with Gasteiger partial charge < -0.3 is 34.2 Å². The Hall–Kier alpha value is -3.30. The van der Waals surface area contributed by atoms with Crippen LogP contribution >= 0.6 is 0 Å². The van der Waals surface area contributed by atoms with Crippen molar-refractivity contribution in [1.82, 2.24) is 20.0 Å². The number of hydrogen-bond donors (Lipinski definition) is 1. The maximum absolute atomic E-state index is 14.1. The number of amides is 3. The third kappa shape index (κ3) is 8.24. The van der Waals surface area contributed by atoms with E-state index in [0.29, 0.717) is 55.4 Å². The van der Waals surface area contributed by atoms with Gasteiger partial charge in [-0.1, -0.05) is 30.3 Å². The fraction of sp³-hybridized carbons (Fsp3) is 0.600. The molecule has 2 saturated carbocycles. The van der Waals surface area contributed by atoms with Crippen molar-refractivity contribution >= 4 is 11.9 Å². The van der Waals surface area contributed by atoms with Gasteiger partial charge in [0.15, 0.2) is 11.5 Å². The van der Waals surface area contributed by atoms with E-state index in [9.17, 15) is 9.59 Å². The van der Waals surface area contributed by atoms with E-state index in [2.05, 4.69) is 41.1 Å². The van der Waals surface area contributed by atoms with Crippen LogP contribution < -0.4 is 14.8 Å². The number of carbonyl (C=O) groups excluding carboxylic acids is 2. The van der Waals surface area contributed by atoms with Gasteiger partial charge in [0.05, 0.1) is 13.7 Å². The molecule has 5 rings (SSSR count). The molecule has 9 heteroatoms. The second-order valence-electron chi connectivity index (χ2n) is 12.8. The van der Waals surface area contributed by atoms with Crippen molar-refractivity contribution in [2.24, 2.45) is 11.8 Å². The molecule has 1 aliphatic heterocycles. The maximum atomic E-state index is 14.1. The molecule has 3 amide bonds. The smallest absolute Gasteiger partial charge is 0.320 e. The Kier molecular flexibility index (Phi) is 11.0. The molecule has 3 aliphatic rings. The van der Waals surface area contributed by atoms with E-state index >= 15 is 0 Å². The predicted molar refractivity (Wildman–Crippen MR) is 171 cm³/mol. The van der Waals surface area contributed by atoms with Crippen LogP contribution in [-0.2, 0) is 11.3 Å². The highest BCUT2D eigenvalue weighted by Gasteiger charge is 2.42. The molecule has 1 heterocycles. The van der Waals surface area contributed by atoms with Gasteiger partial charge in [-0.05, 0) is 75.1 Å². The lowest BCUT2D eigenvalue weighted by molar-refractivity contribution is 0.0648. The molecule has 2 aliphatic carbocycles. The monoisotopic (exact) mass is 606 g/mol. The lowest BCUT2D eigenvalue weighted by Crippen LogP contribution is -2.49. The molecule has 0 aromatic heterocycles. The summed E-state index contributed by atoms with van der Waals surface area (Å²) in [6.07, 6.45) is 5.06. The van der Waals surface area contributed by atoms with Crippen LogP contribution in [0.15, 0.2) is 48.5 Å². The Morgan fingerprint density at radius 2 is 1.55 bits per heavy atom. The van der Waals surface area contributed by atoms with Gasteiger partial charge in [-0.2, -0.15) is 0 Å². The quantitative estimate of drug-likeness (QED) is 0.270. The minimum Gasteiger partial charge on any atom is -0.493 e. The van der Waals surface area contributed by atoms with Crippen molar-refractivity contribution in [3.63, 3.8) is 0 Å². The summed E-state index contributed by atoms with van der Waals surface area (Å²) in [4.78, 5) is 34.2. The van der Waals surface area contributed by atoms with Crippen molar-refractivity contribution in [1.29, 1.82) is 0 Å². The first-order valence-electron chi connectivity index (χ1n) is 16.3. The van der Waals surface area contributed by atoms with Crippen LogP contribution in [-0.4, -0.2) is 98.4 Å². The third-order valence-electron chi connectivity index (χ3n) is 9.05. The first kappa shape index (κ1) is 32.1. The number of carbonyl (C=O) groups is 2. The summed E-state index contributed by atoms with van der Waals surface area (Å²) in [7, 11) is 3.27. The zero-order chi connectivity index (χ0) is 31.1. The highest BCUT2D eigenvalue weighted by molar-refractivity contribution is 5.95. The molecule has 44 heavy (non-hydrogen) atoms. The van der Waals surface area contributed by atoms with E-state index in [1.54, 1.807) is 26.4 Å². The highest BCUT2D eigenvalue weighted by Crippen LogP contribution is 2.35. The topological polar surface area (TPSA) is 83.6 Å². The molecule has 3 fully saturated rings. The average Bonchev–Trinajstić information content (AvgIpc) is 3.98. The standard InChI is InChI=1S/C35H50N4O5/c1-25(2)37(34(40)27-11-16-32(43-4)33(19-27)44-18-8-17-42-3)23-28-20-36-21-29(28)24-39(31-14-15-31)35(41)38(30-12-13-30)22-26-9-6-5-7-10-26/h5-7,9-11,16,19,25,28-31,36H,8,12-15,17-18,20-24H2,1-4H3/t28-,29-/m0/s1. The lowest BCUT2D eigenvalue weighted by atomic mass is 9.94. The van der Waals surface area contributed by atoms with Gasteiger partial charge in [0, 0.05) is 76.6 Å². The summed E-state index contributed by atoms with van der Waals surface area (Å²) >= 11 is 0. The first-order chi connectivity index (χ1) is 21.4. The molecule has 0 spiro atoms. The van der Waals surface area contributed by atoms with Crippen LogP contribution in [0.25, 0.3) is 0 Å². The van der Waals surface area contributed by atoms with Crippen LogP contribution in [0.5, 0.6) is 11.5 Å². The summed E-state index contributed by atoms with van der Waals surface area (Å²) in [5.74, 6) is 1.68. The zero-order valence-electron chi connectivity index (χ0n) is 26.9. The maximum Gasteiger partial charge on any atom is 0.320 e. The van der Waals surface area contributed by atoms with Crippen molar-refractivity contribution in [2.75, 3.05) is 53.6 Å². The minimum absolute atomic E-state index is 0.0204. The summed E-state index contributed by atoms with van der Waals surface area (Å²) in [5, 5.41) is 3.57. The molecular weight excluding hydrogens is 556 g/mol. The van der Waals surface area contributed by atoms with Crippen molar-refractivity contribution in [3.05, 3.63) is 59.7 Å². The fourth-order valence-electron chi connectivity index (χ4n) is 6.18. The molecule has 2 atom stereocenters. The van der Waals surface area contributed by atoms with Gasteiger partial charge in [-0.25, -0.2) is 4.79 Å². The van der Waals surface area contributed by atoms with Crippen LogP contribution in [0.1, 0.15) is 61.9 Å². The summed E-state index contributed by atoms with van der Waals surface area (Å²) < 4.78 is 16.6. The molecule has 1 N–H and O–H groups in total. The molecular formula is C35H50N4O5. The van der Waals surface area contributed by atoms with Gasteiger partial charge in [0.25, 0.3) is 5.91 Å². The second-order valence-corrected chi connectivity index (χ2v) is 12.8. The fourth-order valence-corrected chi connectivity index (χ4v) is 6.18. The second kappa shape index (κ2) is 15.1. The Bertz CT molecular complexity index is 1230. The number of rotatable bonds is 16. The number of nitrogens with one attached hydrogen (secondary N) is 1. The van der Waals surface area contributed by atoms with Gasteiger partial charge >= 0.3 is 6.03 Å². The number of nitrogens with zero attached hydrogens (tertiary/aromatic N) is 3. The van der Waals surface area contributed by atoms with E-state index < -0.39 is 0 Å². The summed E-state index contributed by atoms with van der Waals surface area (Å²) in [6, 6.07) is 16.6. The number of benzene rings is 2. The van der Waals surface area contributed by atoms with Crippen LogP contribution in [0.3, 0.4) is 0 Å². The van der Waals surface area contributed by atoms with Crippen molar-refractivity contribution < 1.29 is 23.8 Å². The minimum atomic E-state index is -0.0204. The van der Waals surface area contributed by atoms with Crippen LogP contribution in [0.4, 0.5) is 4.79 Å². The molecule has 0 bridgehead atoms. The molecule has 9 nitrogen and oxygen atoms in total. The first-order valence-corrected chi connectivity index (χ1v) is 16.3. The van der Waals surface area contributed by atoms with Crippen molar-refractivity contribution in [2.45, 2.75) is 70.6 Å². The van der Waals surface area contributed by atoms with E-state index in [4.69, 9.17) is 14.2 Å². The molecule has 240 valence electrons. The average molecular weight is 607 g/mol. The van der Waals surface area contributed by atoms with Gasteiger partial charge in [-0.15, -0.1) is 0 Å². The molecule has 0 unspecified atom stereocenters. The largest absolute Gasteiger partial charge is 0.493 e. The predicted octanol–water partition coefficient (Wildman–Crippen LogP) is 5.05. The Morgan fingerprint density at radius 3 is 2.18 bits per heavy atom. The van der Waals surface area contributed by atoms with Gasteiger partial charge in [-0.3, -0.25) is 4.79 Å². The highest BCUT2D eigenvalue weighted by atomic mass is 16.5. The third-order valence-corrected chi connectivity index (χ3v) is 9.05. The van der Waals surface area contributed by atoms with E-state index in [1.807, 2.05) is 29.2 Å². The van der Waals surface area contributed by atoms with Crippen molar-refractivity contribution in [3.8, 4) is 11.5 Å². The number of hydrogen-bond acceptors (Lipinski definition) is 6. The van der Waals surface area contributed by atoms with E-state index in [1.165, 1.54) is 5.56 Å². The van der Waals surface area contributed by atoms with Gasteiger partial charge in [0.2, 0.25) is 0 Å². The zero-order valence-corrected chi connectivity index (χ0v) is 26.9. The number of methoxy groups -OCH3 is 2. The SMILES string of the molecule is COCCCOc1cc(C(=O)N(C[C@@H]2CNC[C@H]2CN(C(=O)N(Cc2ccccc2)C2CC2)C2CC2)C(C)C)ccc1OC. The van der Waals surface area contributed by atoms with E-state index in [-0.39, 0.29) is 29.8 Å². The molecule has 1 saturated heterocycles. The molecule has 0 radical (unpaired) electrons. The van der Waals surface area contributed by atoms with Gasteiger partial charge in [0.1, 0.15) is 0 Å². The van der Waals surface area contributed by atoms with E-state index in [0.717, 1.165) is 51.7 Å². The molecule has 2 aromatic rings. The molecule has 2 aromatic carbocycles.